The van der Waals surface area contributed by atoms with Crippen LogP contribution in [-0.2, 0) is 6.61 Å². The van der Waals surface area contributed by atoms with Crippen molar-refractivity contribution in [3.8, 4) is 5.75 Å². The van der Waals surface area contributed by atoms with Gasteiger partial charge >= 0.3 is 0 Å². The number of ether oxygens (including phenoxy) is 1. The molecule has 2 aromatic rings. The predicted octanol–water partition coefficient (Wildman–Crippen LogP) is 4.73. The van der Waals surface area contributed by atoms with Crippen molar-refractivity contribution in [1.29, 1.82) is 0 Å². The van der Waals surface area contributed by atoms with Gasteiger partial charge in [0.25, 0.3) is 5.69 Å². The first-order valence-electron chi connectivity index (χ1n) is 5.48. The Kier molecular flexibility index (Phi) is 4.57. The molecule has 7 heteroatoms. The van der Waals surface area contributed by atoms with Gasteiger partial charge < -0.3 is 4.74 Å². The Hall–Kier alpha value is -1.66. The van der Waals surface area contributed by atoms with E-state index in [1.807, 2.05) is 0 Å². The number of nitro groups is 1. The quantitative estimate of drug-likeness (QED) is 0.585. The molecule has 0 bridgehead atoms. The summed E-state index contributed by atoms with van der Waals surface area (Å²) in [7, 11) is 0. The smallest absolute Gasteiger partial charge is 0.271 e. The summed E-state index contributed by atoms with van der Waals surface area (Å²) in [5, 5.41) is 10.7. The van der Waals surface area contributed by atoms with Crippen molar-refractivity contribution in [2.24, 2.45) is 0 Å². The third-order valence-corrected chi connectivity index (χ3v) is 3.56. The molecule has 104 valence electrons. The Bertz CT molecular complexity index is 666. The number of benzene rings is 2. The van der Waals surface area contributed by atoms with E-state index in [4.69, 9.17) is 16.3 Å². The fraction of sp³-hybridized carbons (Fsp3) is 0.0769. The lowest BCUT2D eigenvalue weighted by atomic mass is 10.2. The Morgan fingerprint density at radius 1 is 1.30 bits per heavy atom. The maximum absolute atomic E-state index is 12.9. The maximum atomic E-state index is 12.9. The Morgan fingerprint density at radius 3 is 2.65 bits per heavy atom. The largest absolute Gasteiger partial charge is 0.487 e. The van der Waals surface area contributed by atoms with E-state index in [-0.39, 0.29) is 23.1 Å². The highest BCUT2D eigenvalue weighted by atomic mass is 79.9. The number of hydrogen-bond acceptors (Lipinski definition) is 3. The molecule has 0 saturated heterocycles. The van der Waals surface area contributed by atoms with E-state index in [9.17, 15) is 14.5 Å². The van der Waals surface area contributed by atoms with Gasteiger partial charge in [-0.1, -0.05) is 33.6 Å². The molecule has 0 aliphatic carbocycles. The van der Waals surface area contributed by atoms with E-state index >= 15 is 0 Å². The van der Waals surface area contributed by atoms with Crippen molar-refractivity contribution in [2.45, 2.75) is 6.61 Å². The normalized spacial score (nSPS) is 10.3. The first kappa shape index (κ1) is 14.7. The van der Waals surface area contributed by atoms with Crippen molar-refractivity contribution in [3.05, 3.63) is 67.4 Å². The van der Waals surface area contributed by atoms with Crippen LogP contribution in [0.3, 0.4) is 0 Å². The summed E-state index contributed by atoms with van der Waals surface area (Å²) in [5.41, 5.74) is 0.631. The van der Waals surface area contributed by atoms with Gasteiger partial charge in [0, 0.05) is 22.2 Å². The van der Waals surface area contributed by atoms with Crippen LogP contribution < -0.4 is 4.74 Å². The van der Waals surface area contributed by atoms with E-state index in [0.717, 1.165) is 5.56 Å². The van der Waals surface area contributed by atoms with Crippen LogP contribution in [0.25, 0.3) is 0 Å². The lowest BCUT2D eigenvalue weighted by molar-refractivity contribution is -0.384. The molecule has 0 unspecified atom stereocenters. The van der Waals surface area contributed by atoms with Gasteiger partial charge in [0.1, 0.15) is 18.2 Å². The molecule has 0 saturated carbocycles. The van der Waals surface area contributed by atoms with Crippen molar-refractivity contribution in [2.75, 3.05) is 0 Å². The molecule has 0 radical (unpaired) electrons. The van der Waals surface area contributed by atoms with Crippen LogP contribution in [0, 0.1) is 15.9 Å². The molecule has 20 heavy (non-hydrogen) atoms. The first-order chi connectivity index (χ1) is 9.47. The van der Waals surface area contributed by atoms with Crippen LogP contribution in [0.4, 0.5) is 10.1 Å². The summed E-state index contributed by atoms with van der Waals surface area (Å²) < 4.78 is 19.0. The standard InChI is InChI=1S/C13H8BrClFNO3/c14-11-5-9(16)2-1-8(11)7-20-13-4-3-10(17(18)19)6-12(13)15/h1-6H,7H2. The fourth-order valence-electron chi connectivity index (χ4n) is 1.51. The zero-order valence-electron chi connectivity index (χ0n) is 9.98. The first-order valence-corrected chi connectivity index (χ1v) is 6.65. The molecule has 2 aromatic carbocycles. The molecular formula is C13H8BrClFNO3. The van der Waals surface area contributed by atoms with Crippen molar-refractivity contribution in [3.63, 3.8) is 0 Å². The van der Waals surface area contributed by atoms with Gasteiger partial charge in [-0.25, -0.2) is 4.39 Å². The van der Waals surface area contributed by atoms with Gasteiger partial charge in [-0.05, 0) is 18.2 Å². The average molecular weight is 361 g/mol. The average Bonchev–Trinajstić information content (AvgIpc) is 2.38. The molecule has 4 nitrogen and oxygen atoms in total. The number of nitrogens with zero attached hydrogens (tertiary/aromatic N) is 1. The van der Waals surface area contributed by atoms with Gasteiger partial charge in [0.05, 0.1) is 9.95 Å². The van der Waals surface area contributed by atoms with Gasteiger partial charge in [0.2, 0.25) is 0 Å². The zero-order chi connectivity index (χ0) is 14.7. The summed E-state index contributed by atoms with van der Waals surface area (Å²) in [5.74, 6) is -0.0255. The third kappa shape index (κ3) is 3.46. The molecule has 0 spiro atoms. The lowest BCUT2D eigenvalue weighted by Crippen LogP contribution is -1.98. The summed E-state index contributed by atoms with van der Waals surface area (Å²) in [4.78, 5) is 10.0. The van der Waals surface area contributed by atoms with Gasteiger partial charge in [-0.15, -0.1) is 0 Å². The minimum absolute atomic E-state index is 0.106. The fourth-order valence-corrected chi connectivity index (χ4v) is 2.21. The van der Waals surface area contributed by atoms with Crippen molar-refractivity contribution >= 4 is 33.2 Å². The highest BCUT2D eigenvalue weighted by Gasteiger charge is 2.11. The second-order valence-corrected chi connectivity index (χ2v) is 5.16. The van der Waals surface area contributed by atoms with E-state index < -0.39 is 4.92 Å². The second-order valence-electron chi connectivity index (χ2n) is 3.90. The van der Waals surface area contributed by atoms with Crippen LogP contribution >= 0.6 is 27.5 Å². The molecule has 0 heterocycles. The molecule has 2 rings (SSSR count). The van der Waals surface area contributed by atoms with Crippen molar-refractivity contribution in [1.82, 2.24) is 0 Å². The van der Waals surface area contributed by atoms with E-state index in [1.54, 1.807) is 6.07 Å². The molecule has 0 amide bonds. The van der Waals surface area contributed by atoms with Crippen molar-refractivity contribution < 1.29 is 14.1 Å². The van der Waals surface area contributed by atoms with Gasteiger partial charge in [-0.3, -0.25) is 10.1 Å². The molecule has 0 aliphatic heterocycles. The number of nitro benzene ring substituents is 1. The molecule has 0 atom stereocenters. The van der Waals surface area contributed by atoms with Crippen LogP contribution in [-0.4, -0.2) is 4.92 Å². The zero-order valence-corrected chi connectivity index (χ0v) is 12.3. The lowest BCUT2D eigenvalue weighted by Gasteiger charge is -2.09. The van der Waals surface area contributed by atoms with Crippen LogP contribution in [0.15, 0.2) is 40.9 Å². The highest BCUT2D eigenvalue weighted by Crippen LogP contribution is 2.30. The maximum Gasteiger partial charge on any atom is 0.271 e. The van der Waals surface area contributed by atoms with E-state index in [2.05, 4.69) is 15.9 Å². The second kappa shape index (κ2) is 6.19. The molecule has 0 aromatic heterocycles. The molecular weight excluding hydrogens is 353 g/mol. The third-order valence-electron chi connectivity index (χ3n) is 2.52. The number of halogens is 3. The SMILES string of the molecule is O=[N+]([O-])c1ccc(OCc2ccc(F)cc2Br)c(Cl)c1. The van der Waals surface area contributed by atoms with E-state index in [1.165, 1.54) is 30.3 Å². The Balaban J connectivity index is 2.13. The van der Waals surface area contributed by atoms with Crippen LogP contribution in [0.2, 0.25) is 5.02 Å². The number of non-ortho nitro benzene ring substituents is 1. The van der Waals surface area contributed by atoms with Crippen LogP contribution in [0.1, 0.15) is 5.56 Å². The Labute approximate surface area is 127 Å². The minimum atomic E-state index is -0.535. The highest BCUT2D eigenvalue weighted by molar-refractivity contribution is 9.10. The number of rotatable bonds is 4. The summed E-state index contributed by atoms with van der Waals surface area (Å²) in [6.07, 6.45) is 0. The summed E-state index contributed by atoms with van der Waals surface area (Å²) >= 11 is 9.13. The van der Waals surface area contributed by atoms with E-state index in [0.29, 0.717) is 10.2 Å². The van der Waals surface area contributed by atoms with Crippen LogP contribution in [0.5, 0.6) is 5.75 Å². The minimum Gasteiger partial charge on any atom is -0.487 e. The topological polar surface area (TPSA) is 52.4 Å². The predicted molar refractivity (Wildman–Crippen MR) is 76.5 cm³/mol. The summed E-state index contributed by atoms with van der Waals surface area (Å²) in [6.45, 7) is 0.165. The Morgan fingerprint density at radius 2 is 2.05 bits per heavy atom. The summed E-state index contributed by atoms with van der Waals surface area (Å²) in [6, 6.07) is 8.19. The number of hydrogen-bond donors (Lipinski definition) is 0. The molecule has 0 N–H and O–H groups in total. The van der Waals surface area contributed by atoms with Gasteiger partial charge in [-0.2, -0.15) is 0 Å². The molecule has 0 aliphatic rings. The monoisotopic (exact) mass is 359 g/mol. The van der Waals surface area contributed by atoms with Gasteiger partial charge in [0.15, 0.2) is 0 Å². The molecule has 0 fully saturated rings.